The van der Waals surface area contributed by atoms with Crippen LogP contribution < -0.4 is 4.74 Å². The maximum absolute atomic E-state index is 14.9. The maximum atomic E-state index is 14.9. The Morgan fingerprint density at radius 1 is 0.882 bits per heavy atom. The number of halogens is 2. The van der Waals surface area contributed by atoms with Crippen LogP contribution in [0.3, 0.4) is 0 Å². The molecule has 0 spiro atoms. The molecule has 0 radical (unpaired) electrons. The van der Waals surface area contributed by atoms with Gasteiger partial charge in [0.25, 0.3) is 0 Å². The lowest BCUT2D eigenvalue weighted by molar-refractivity contribution is 0.115. The highest BCUT2D eigenvalue weighted by molar-refractivity contribution is 5.46. The van der Waals surface area contributed by atoms with Crippen molar-refractivity contribution in [3.05, 3.63) is 90.0 Å². The maximum Gasteiger partial charge on any atom is 0.142 e. The smallest absolute Gasteiger partial charge is 0.142 e. The Bertz CT molecular complexity index is 1040. The van der Waals surface area contributed by atoms with E-state index in [-0.39, 0.29) is 11.5 Å². The molecule has 178 valence electrons. The predicted molar refractivity (Wildman–Crippen MR) is 135 cm³/mol. The second-order valence-corrected chi connectivity index (χ2v) is 9.81. The monoisotopic (exact) mass is 460 g/mol. The Morgan fingerprint density at radius 2 is 1.59 bits per heavy atom. The average Bonchev–Trinajstić information content (AvgIpc) is 2.86. The van der Waals surface area contributed by atoms with E-state index in [0.29, 0.717) is 23.8 Å². The molecule has 0 amide bonds. The van der Waals surface area contributed by atoms with Gasteiger partial charge >= 0.3 is 0 Å². The summed E-state index contributed by atoms with van der Waals surface area (Å²) in [7, 11) is 0. The first-order chi connectivity index (χ1) is 16.6. The van der Waals surface area contributed by atoms with Crippen molar-refractivity contribution in [2.75, 3.05) is 6.61 Å². The summed E-state index contributed by atoms with van der Waals surface area (Å²) in [5, 5.41) is 0. The molecular formula is C31H34F2O. The molecule has 34 heavy (non-hydrogen) atoms. The van der Waals surface area contributed by atoms with Gasteiger partial charge in [0, 0.05) is 5.56 Å². The van der Waals surface area contributed by atoms with Gasteiger partial charge in [0.2, 0.25) is 0 Å². The predicted octanol–water partition coefficient (Wildman–Crippen LogP) is 8.20. The molecule has 0 aliphatic heterocycles. The molecule has 2 aromatic rings. The Hall–Kier alpha value is -2.86. The number of allylic oxidation sites excluding steroid dienone is 1. The van der Waals surface area contributed by atoms with E-state index < -0.39 is 11.6 Å². The third-order valence-electron chi connectivity index (χ3n) is 7.59. The fraction of sp³-hybridized carbons (Fsp3) is 0.419. The van der Waals surface area contributed by atoms with Gasteiger partial charge in [-0.1, -0.05) is 37.0 Å². The first kappa shape index (κ1) is 24.3. The summed E-state index contributed by atoms with van der Waals surface area (Å²) in [4.78, 5) is 0. The molecule has 0 N–H and O–H groups in total. The van der Waals surface area contributed by atoms with Gasteiger partial charge in [-0.15, -0.1) is 6.58 Å². The minimum absolute atomic E-state index is 0.160. The lowest BCUT2D eigenvalue weighted by Crippen LogP contribution is -2.30. The van der Waals surface area contributed by atoms with E-state index in [0.717, 1.165) is 43.1 Å². The van der Waals surface area contributed by atoms with Crippen LogP contribution in [0, 0.1) is 41.2 Å². The number of fused-ring (bicyclic) bond motifs is 1. The van der Waals surface area contributed by atoms with Crippen molar-refractivity contribution in [2.45, 2.75) is 57.3 Å². The van der Waals surface area contributed by atoms with Crippen LogP contribution in [0.1, 0.15) is 74.0 Å². The van der Waals surface area contributed by atoms with Crippen molar-refractivity contribution >= 4 is 0 Å². The highest BCUT2D eigenvalue weighted by Gasteiger charge is 2.36. The number of hydrogen-bond acceptors (Lipinski definition) is 1. The molecule has 2 aliphatic carbocycles. The molecule has 3 heteroatoms. The third kappa shape index (κ3) is 5.98. The van der Waals surface area contributed by atoms with E-state index in [1.54, 1.807) is 30.3 Å². The van der Waals surface area contributed by atoms with E-state index in [2.05, 4.69) is 25.0 Å². The Labute approximate surface area is 202 Å². The SMILES string of the molecule is C=CCCC1CCC2CC(c3cc(F)c(C#Cc4ccc(OCC=C)cc4)c(F)c3)CCC2C1. The summed E-state index contributed by atoms with van der Waals surface area (Å²) >= 11 is 0. The zero-order chi connectivity index (χ0) is 23.9. The van der Waals surface area contributed by atoms with Crippen molar-refractivity contribution in [1.29, 1.82) is 0 Å². The molecule has 0 heterocycles. The molecule has 0 aromatic heterocycles. The summed E-state index contributed by atoms with van der Waals surface area (Å²) in [6.07, 6.45) is 13.1. The molecule has 1 nitrogen and oxygen atoms in total. The van der Waals surface area contributed by atoms with Crippen LogP contribution >= 0.6 is 0 Å². The van der Waals surface area contributed by atoms with Crippen LogP contribution in [0.4, 0.5) is 8.78 Å². The first-order valence-corrected chi connectivity index (χ1v) is 12.5. The summed E-state index contributed by atoms with van der Waals surface area (Å²) < 4.78 is 35.2. The van der Waals surface area contributed by atoms with Gasteiger partial charge in [-0.2, -0.15) is 0 Å². The zero-order valence-corrected chi connectivity index (χ0v) is 19.9. The van der Waals surface area contributed by atoms with Crippen LogP contribution in [0.5, 0.6) is 5.75 Å². The third-order valence-corrected chi connectivity index (χ3v) is 7.59. The summed E-state index contributed by atoms with van der Waals surface area (Å²) in [5.41, 5.74) is 1.31. The van der Waals surface area contributed by atoms with Gasteiger partial charge in [-0.05, 0) is 111 Å². The molecule has 0 bridgehead atoms. The molecule has 2 aliphatic rings. The van der Waals surface area contributed by atoms with Gasteiger partial charge in [-0.25, -0.2) is 8.78 Å². The standard InChI is InChI=1S/C31H34F2O/c1-3-5-6-23-7-11-25-19-26(13-12-24(25)18-23)27-20-30(32)29(31(33)21-27)16-10-22-8-14-28(15-9-22)34-17-4-2/h3-4,8-9,14-15,20-21,23-26H,1-2,5-7,11-13,17-19H2. The average molecular weight is 461 g/mol. The number of hydrogen-bond donors (Lipinski definition) is 0. The molecule has 4 atom stereocenters. The fourth-order valence-corrected chi connectivity index (χ4v) is 5.78. The highest BCUT2D eigenvalue weighted by Crippen LogP contribution is 2.48. The number of ether oxygens (including phenoxy) is 1. The van der Waals surface area contributed by atoms with Gasteiger partial charge in [0.1, 0.15) is 24.0 Å². The van der Waals surface area contributed by atoms with Crippen LogP contribution in [0.25, 0.3) is 0 Å². The van der Waals surface area contributed by atoms with Crippen LogP contribution in [0.15, 0.2) is 61.7 Å². The molecule has 2 aromatic carbocycles. The van der Waals surface area contributed by atoms with Crippen LogP contribution in [0.2, 0.25) is 0 Å². The van der Waals surface area contributed by atoms with Gasteiger partial charge < -0.3 is 4.74 Å². The molecule has 0 saturated heterocycles. The Morgan fingerprint density at radius 3 is 2.29 bits per heavy atom. The Kier molecular flexibility index (Phi) is 8.22. The topological polar surface area (TPSA) is 9.23 Å². The van der Waals surface area contributed by atoms with E-state index in [1.807, 2.05) is 6.08 Å². The zero-order valence-electron chi connectivity index (χ0n) is 19.9. The van der Waals surface area contributed by atoms with E-state index >= 15 is 0 Å². The lowest BCUT2D eigenvalue weighted by Gasteiger charge is -2.42. The quantitative estimate of drug-likeness (QED) is 0.299. The Balaban J connectivity index is 1.41. The van der Waals surface area contributed by atoms with Crippen molar-refractivity contribution < 1.29 is 13.5 Å². The van der Waals surface area contributed by atoms with E-state index in [1.165, 1.54) is 37.8 Å². The van der Waals surface area contributed by atoms with Crippen LogP contribution in [-0.4, -0.2) is 6.61 Å². The van der Waals surface area contributed by atoms with Gasteiger partial charge in [-0.3, -0.25) is 0 Å². The second-order valence-electron chi connectivity index (χ2n) is 9.81. The van der Waals surface area contributed by atoms with E-state index in [4.69, 9.17) is 4.74 Å². The fourth-order valence-electron chi connectivity index (χ4n) is 5.78. The highest BCUT2D eigenvalue weighted by atomic mass is 19.1. The normalized spacial score (nSPS) is 23.8. The number of benzene rings is 2. The van der Waals surface area contributed by atoms with Gasteiger partial charge in [0.05, 0.1) is 5.56 Å². The minimum Gasteiger partial charge on any atom is -0.490 e. The van der Waals surface area contributed by atoms with Gasteiger partial charge in [0.15, 0.2) is 0 Å². The molecular weight excluding hydrogens is 426 g/mol. The van der Waals surface area contributed by atoms with Crippen molar-refractivity contribution in [1.82, 2.24) is 0 Å². The second kappa shape index (κ2) is 11.5. The minimum atomic E-state index is -0.566. The molecule has 4 rings (SSSR count). The summed E-state index contributed by atoms with van der Waals surface area (Å²) in [6, 6.07) is 10.2. The molecule has 2 saturated carbocycles. The molecule has 2 fully saturated rings. The van der Waals surface area contributed by atoms with Crippen LogP contribution in [-0.2, 0) is 0 Å². The van der Waals surface area contributed by atoms with E-state index in [9.17, 15) is 8.78 Å². The first-order valence-electron chi connectivity index (χ1n) is 12.5. The number of rotatable bonds is 7. The molecule has 4 unspecified atom stereocenters. The van der Waals surface area contributed by atoms with Crippen molar-refractivity contribution in [2.24, 2.45) is 17.8 Å². The summed E-state index contributed by atoms with van der Waals surface area (Å²) in [6.45, 7) is 7.89. The largest absolute Gasteiger partial charge is 0.490 e. The summed E-state index contributed by atoms with van der Waals surface area (Å²) in [5.74, 6) is 7.64. The van der Waals surface area contributed by atoms with Crippen molar-refractivity contribution in [3.8, 4) is 17.6 Å². The van der Waals surface area contributed by atoms with Crippen molar-refractivity contribution in [3.63, 3.8) is 0 Å². The lowest BCUT2D eigenvalue weighted by atomic mass is 9.63.